The van der Waals surface area contributed by atoms with Crippen LogP contribution in [-0.2, 0) is 4.79 Å². The number of amides is 1. The molecule has 1 fully saturated rings. The van der Waals surface area contributed by atoms with E-state index in [0.29, 0.717) is 0 Å². The van der Waals surface area contributed by atoms with Crippen molar-refractivity contribution in [3.05, 3.63) is 11.8 Å². The lowest BCUT2D eigenvalue weighted by Crippen LogP contribution is -2.17. The third-order valence-corrected chi connectivity index (χ3v) is 4.34. The zero-order valence-electron chi connectivity index (χ0n) is 10.9. The quantitative estimate of drug-likeness (QED) is 0.762. The minimum atomic E-state index is -1.10. The maximum absolute atomic E-state index is 12.1. The van der Waals surface area contributed by atoms with Crippen LogP contribution >= 0.6 is 0 Å². The number of anilines is 1. The molecule has 1 aromatic rings. The molecule has 0 bridgehead atoms. The van der Waals surface area contributed by atoms with Crippen molar-refractivity contribution in [2.75, 3.05) is 5.32 Å². The molecule has 0 unspecified atom stereocenters. The van der Waals surface area contributed by atoms with Gasteiger partial charge in [-0.1, -0.05) is 27.7 Å². The monoisotopic (exact) mass is 251 g/mol. The number of carboxylic acids is 1. The molecule has 0 spiro atoms. The standard InChI is InChI=1S/C12H17N3O3/c1-11(2)8(12(11,3)4)9(16)13-7-5-6(10(17)18)14-15-7/h5,8H,1-4H3,(H,17,18)(H2,13,14,15,16). The fraction of sp³-hybridized carbons (Fsp3) is 0.583. The third kappa shape index (κ3) is 1.68. The molecule has 1 aromatic heterocycles. The molecular weight excluding hydrogens is 234 g/mol. The molecule has 0 atom stereocenters. The second-order valence-corrected chi connectivity index (χ2v) is 5.84. The van der Waals surface area contributed by atoms with E-state index in [2.05, 4.69) is 15.5 Å². The summed E-state index contributed by atoms with van der Waals surface area (Å²) in [5, 5.41) is 17.5. The molecule has 1 aliphatic carbocycles. The van der Waals surface area contributed by atoms with Gasteiger partial charge in [0, 0.05) is 12.0 Å². The van der Waals surface area contributed by atoms with Crippen molar-refractivity contribution in [2.24, 2.45) is 16.7 Å². The lowest BCUT2D eigenvalue weighted by atomic mass is 10.0. The average molecular weight is 251 g/mol. The molecule has 6 nitrogen and oxygen atoms in total. The Morgan fingerprint density at radius 2 is 1.89 bits per heavy atom. The number of nitrogens with one attached hydrogen (secondary N) is 2. The van der Waals surface area contributed by atoms with Crippen LogP contribution < -0.4 is 5.32 Å². The van der Waals surface area contributed by atoms with Gasteiger partial charge in [-0.2, -0.15) is 5.10 Å². The number of aromatic nitrogens is 2. The maximum Gasteiger partial charge on any atom is 0.353 e. The van der Waals surface area contributed by atoms with Crippen molar-refractivity contribution in [2.45, 2.75) is 27.7 Å². The molecule has 0 saturated heterocycles. The largest absolute Gasteiger partial charge is 0.477 e. The molecule has 1 aliphatic rings. The molecule has 0 aromatic carbocycles. The Bertz CT molecular complexity index is 502. The van der Waals surface area contributed by atoms with Crippen molar-refractivity contribution in [3.8, 4) is 0 Å². The van der Waals surface area contributed by atoms with Crippen LogP contribution in [0.3, 0.4) is 0 Å². The van der Waals surface area contributed by atoms with Crippen LogP contribution in [0.4, 0.5) is 5.82 Å². The first-order valence-electron chi connectivity index (χ1n) is 5.77. The topological polar surface area (TPSA) is 95.1 Å². The zero-order valence-corrected chi connectivity index (χ0v) is 10.9. The van der Waals surface area contributed by atoms with Gasteiger partial charge in [0.25, 0.3) is 0 Å². The predicted molar refractivity (Wildman–Crippen MR) is 65.2 cm³/mol. The zero-order chi connectivity index (χ0) is 13.7. The van der Waals surface area contributed by atoms with E-state index in [0.717, 1.165) is 0 Å². The summed E-state index contributed by atoms with van der Waals surface area (Å²) in [6, 6.07) is 1.31. The van der Waals surface area contributed by atoms with Gasteiger partial charge >= 0.3 is 5.97 Å². The van der Waals surface area contributed by atoms with Crippen LogP contribution in [-0.4, -0.2) is 27.2 Å². The average Bonchev–Trinajstić information content (AvgIpc) is 2.60. The van der Waals surface area contributed by atoms with Gasteiger partial charge in [0.05, 0.1) is 0 Å². The predicted octanol–water partition coefficient (Wildman–Crippen LogP) is 1.73. The summed E-state index contributed by atoms with van der Waals surface area (Å²) in [5.74, 6) is -1.06. The smallest absolute Gasteiger partial charge is 0.353 e. The molecule has 18 heavy (non-hydrogen) atoms. The van der Waals surface area contributed by atoms with Crippen molar-refractivity contribution in [1.82, 2.24) is 10.2 Å². The van der Waals surface area contributed by atoms with E-state index in [9.17, 15) is 9.59 Å². The minimum absolute atomic E-state index is 0.0420. The van der Waals surface area contributed by atoms with E-state index < -0.39 is 5.97 Å². The highest BCUT2D eigenvalue weighted by molar-refractivity contribution is 5.96. The highest BCUT2D eigenvalue weighted by Crippen LogP contribution is 2.68. The first-order chi connectivity index (χ1) is 8.18. The highest BCUT2D eigenvalue weighted by atomic mass is 16.4. The number of rotatable bonds is 3. The van der Waals surface area contributed by atoms with Gasteiger partial charge in [-0.3, -0.25) is 9.89 Å². The Morgan fingerprint density at radius 3 is 2.28 bits per heavy atom. The van der Waals surface area contributed by atoms with Gasteiger partial charge in [-0.05, 0) is 10.8 Å². The summed E-state index contributed by atoms with van der Waals surface area (Å²) in [4.78, 5) is 22.7. The Morgan fingerprint density at radius 1 is 1.33 bits per heavy atom. The van der Waals surface area contributed by atoms with Crippen molar-refractivity contribution >= 4 is 17.7 Å². The minimum Gasteiger partial charge on any atom is -0.477 e. The van der Waals surface area contributed by atoms with E-state index in [1.54, 1.807) is 0 Å². The van der Waals surface area contributed by atoms with Crippen molar-refractivity contribution in [1.29, 1.82) is 0 Å². The molecule has 98 valence electrons. The molecule has 1 saturated carbocycles. The van der Waals surface area contributed by atoms with Gasteiger partial charge in [-0.25, -0.2) is 4.79 Å². The molecule has 6 heteroatoms. The lowest BCUT2D eigenvalue weighted by molar-refractivity contribution is -0.118. The Balaban J connectivity index is 2.07. The number of carbonyl (C=O) groups excluding carboxylic acids is 1. The van der Waals surface area contributed by atoms with Gasteiger partial charge in [0.1, 0.15) is 5.69 Å². The molecule has 1 amide bonds. The number of nitrogens with zero attached hydrogens (tertiary/aromatic N) is 1. The molecule has 3 N–H and O–H groups in total. The van der Waals surface area contributed by atoms with E-state index in [-0.39, 0.29) is 34.2 Å². The third-order valence-electron chi connectivity index (χ3n) is 4.34. The summed E-state index contributed by atoms with van der Waals surface area (Å²) in [7, 11) is 0. The van der Waals surface area contributed by atoms with Gasteiger partial charge in [0.2, 0.25) is 5.91 Å². The molecule has 0 radical (unpaired) electrons. The molecular formula is C12H17N3O3. The summed E-state index contributed by atoms with van der Waals surface area (Å²) in [5.41, 5.74) is -0.147. The van der Waals surface area contributed by atoms with Gasteiger partial charge in [0.15, 0.2) is 5.82 Å². The second-order valence-electron chi connectivity index (χ2n) is 5.84. The van der Waals surface area contributed by atoms with E-state index in [1.165, 1.54) is 6.07 Å². The fourth-order valence-electron chi connectivity index (χ4n) is 2.55. The van der Waals surface area contributed by atoms with Crippen LogP contribution in [0.15, 0.2) is 6.07 Å². The maximum atomic E-state index is 12.1. The Kier molecular flexibility index (Phi) is 2.50. The molecule has 0 aliphatic heterocycles. The van der Waals surface area contributed by atoms with Crippen LogP contribution in [0, 0.1) is 16.7 Å². The van der Waals surface area contributed by atoms with Crippen LogP contribution in [0.1, 0.15) is 38.2 Å². The number of aromatic carboxylic acids is 1. The summed E-state index contributed by atoms with van der Waals surface area (Å²) in [6.07, 6.45) is 0. The van der Waals surface area contributed by atoms with Crippen molar-refractivity contribution < 1.29 is 14.7 Å². The lowest BCUT2D eigenvalue weighted by Gasteiger charge is -2.03. The summed E-state index contributed by atoms with van der Waals surface area (Å²) >= 11 is 0. The number of carboxylic acid groups (broad SMARTS) is 1. The van der Waals surface area contributed by atoms with Gasteiger partial charge < -0.3 is 10.4 Å². The van der Waals surface area contributed by atoms with Gasteiger partial charge in [-0.15, -0.1) is 0 Å². The number of hydrogen-bond donors (Lipinski definition) is 3. The van der Waals surface area contributed by atoms with E-state index in [4.69, 9.17) is 5.11 Å². The number of aromatic amines is 1. The molecule has 1 heterocycles. The van der Waals surface area contributed by atoms with Crippen molar-refractivity contribution in [3.63, 3.8) is 0 Å². The fourth-order valence-corrected chi connectivity index (χ4v) is 2.55. The van der Waals surface area contributed by atoms with E-state index >= 15 is 0 Å². The Labute approximate surface area is 105 Å². The highest BCUT2D eigenvalue weighted by Gasteiger charge is 2.68. The Hall–Kier alpha value is -1.85. The normalized spacial score (nSPS) is 20.4. The van der Waals surface area contributed by atoms with E-state index in [1.807, 2.05) is 27.7 Å². The molecule has 2 rings (SSSR count). The second kappa shape index (κ2) is 3.57. The number of hydrogen-bond acceptors (Lipinski definition) is 3. The first-order valence-corrected chi connectivity index (χ1v) is 5.77. The number of H-pyrrole nitrogens is 1. The SMILES string of the molecule is CC1(C)C(C(=O)Nc2cc(C(=O)O)[nH]n2)C1(C)C. The first kappa shape index (κ1) is 12.6. The van der Waals surface area contributed by atoms with Crippen LogP contribution in [0.2, 0.25) is 0 Å². The number of carbonyl (C=O) groups is 2. The van der Waals surface area contributed by atoms with Crippen LogP contribution in [0.5, 0.6) is 0 Å². The van der Waals surface area contributed by atoms with Crippen LogP contribution in [0.25, 0.3) is 0 Å². The summed E-state index contributed by atoms with van der Waals surface area (Å²) < 4.78 is 0. The summed E-state index contributed by atoms with van der Waals surface area (Å²) in [6.45, 7) is 8.18.